The van der Waals surface area contributed by atoms with Gasteiger partial charge in [-0.05, 0) is 37.6 Å². The first-order chi connectivity index (χ1) is 13.3. The van der Waals surface area contributed by atoms with Gasteiger partial charge >= 0.3 is 5.69 Å². The monoisotopic (exact) mass is 405 g/mol. The third-order valence-corrected chi connectivity index (χ3v) is 4.05. The second-order valence-corrected chi connectivity index (χ2v) is 6.37. The Bertz CT molecular complexity index is 888. The number of hydrogen-bond donors (Lipinski definition) is 2. The number of para-hydroxylation sites is 2. The Morgan fingerprint density at radius 1 is 1.21 bits per heavy atom. The van der Waals surface area contributed by atoms with Crippen LogP contribution in [0.4, 0.5) is 17.1 Å². The van der Waals surface area contributed by atoms with E-state index in [1.807, 2.05) is 6.92 Å². The average molecular weight is 406 g/mol. The van der Waals surface area contributed by atoms with Gasteiger partial charge in [-0.1, -0.05) is 30.7 Å². The van der Waals surface area contributed by atoms with E-state index in [2.05, 4.69) is 10.6 Å². The molecule has 2 aromatic carbocycles. The van der Waals surface area contributed by atoms with Crippen LogP contribution in [0.15, 0.2) is 42.5 Å². The molecule has 2 amide bonds. The van der Waals surface area contributed by atoms with Crippen molar-refractivity contribution in [2.45, 2.75) is 32.8 Å². The predicted molar refractivity (Wildman–Crippen MR) is 107 cm³/mol. The zero-order valence-corrected chi connectivity index (χ0v) is 16.2. The van der Waals surface area contributed by atoms with Gasteiger partial charge in [-0.25, -0.2) is 0 Å². The van der Waals surface area contributed by atoms with E-state index in [1.54, 1.807) is 18.2 Å². The number of nitrogens with zero attached hydrogens (tertiary/aromatic N) is 1. The summed E-state index contributed by atoms with van der Waals surface area (Å²) in [7, 11) is 0. The maximum Gasteiger partial charge on any atom is 0.310 e. The lowest BCUT2D eigenvalue weighted by atomic mass is 10.2. The summed E-state index contributed by atoms with van der Waals surface area (Å²) in [4.78, 5) is 34.6. The molecule has 28 heavy (non-hydrogen) atoms. The highest BCUT2D eigenvalue weighted by molar-refractivity contribution is 6.34. The molecule has 2 rings (SSSR count). The average Bonchev–Trinajstić information content (AvgIpc) is 2.64. The summed E-state index contributed by atoms with van der Waals surface area (Å²) in [5.41, 5.74) is 0.546. The predicted octanol–water partition coefficient (Wildman–Crippen LogP) is 4.39. The minimum absolute atomic E-state index is 0.0122. The van der Waals surface area contributed by atoms with Crippen LogP contribution in [0.2, 0.25) is 5.02 Å². The van der Waals surface area contributed by atoms with Crippen molar-refractivity contribution in [2.24, 2.45) is 0 Å². The zero-order valence-electron chi connectivity index (χ0n) is 15.4. The Kier molecular flexibility index (Phi) is 7.34. The van der Waals surface area contributed by atoms with Crippen molar-refractivity contribution in [3.05, 3.63) is 57.6 Å². The Hall–Kier alpha value is -3.13. The molecule has 2 aromatic rings. The molecule has 0 aromatic heterocycles. The molecule has 0 spiro atoms. The lowest BCUT2D eigenvalue weighted by Gasteiger charge is -2.16. The lowest BCUT2D eigenvalue weighted by molar-refractivity contribution is -0.386. The third kappa shape index (κ3) is 5.68. The van der Waals surface area contributed by atoms with Gasteiger partial charge in [0.2, 0.25) is 5.91 Å². The fourth-order valence-corrected chi connectivity index (χ4v) is 2.50. The first kappa shape index (κ1) is 21.2. The number of carbonyl (C=O) groups excluding carboxylic acids is 2. The van der Waals surface area contributed by atoms with Gasteiger partial charge in [0.15, 0.2) is 11.9 Å². The molecule has 148 valence electrons. The molecule has 0 radical (unpaired) electrons. The second-order valence-electron chi connectivity index (χ2n) is 5.97. The van der Waals surface area contributed by atoms with Crippen LogP contribution in [0.5, 0.6) is 5.75 Å². The van der Waals surface area contributed by atoms with E-state index in [4.69, 9.17) is 16.3 Å². The van der Waals surface area contributed by atoms with Crippen molar-refractivity contribution < 1.29 is 19.2 Å². The number of anilines is 2. The maximum atomic E-state index is 12.4. The number of hydrogen-bond acceptors (Lipinski definition) is 5. The van der Waals surface area contributed by atoms with E-state index < -0.39 is 16.9 Å². The fourth-order valence-electron chi connectivity index (χ4n) is 2.34. The molecule has 0 heterocycles. The molecule has 0 saturated carbocycles. The first-order valence-electron chi connectivity index (χ1n) is 8.62. The second kappa shape index (κ2) is 9.70. The summed E-state index contributed by atoms with van der Waals surface area (Å²) >= 11 is 6.11. The Morgan fingerprint density at radius 2 is 1.93 bits per heavy atom. The molecule has 0 fully saturated rings. The standard InChI is InChI=1S/C19H20ClN3O5/c1-3-6-18(24)21-13-9-10-14(20)15(11-13)22-19(25)12(2)28-17-8-5-4-7-16(17)23(26)27/h4-5,7-12H,3,6H2,1-2H3,(H,21,24)(H,22,25). The van der Waals surface area contributed by atoms with E-state index in [0.29, 0.717) is 24.2 Å². The van der Waals surface area contributed by atoms with Crippen molar-refractivity contribution in [3.63, 3.8) is 0 Å². The SMILES string of the molecule is CCCC(=O)Nc1ccc(Cl)c(NC(=O)C(C)Oc2ccccc2[N+](=O)[O-])c1. The number of nitrogens with one attached hydrogen (secondary N) is 2. The van der Waals surface area contributed by atoms with E-state index in [0.717, 1.165) is 0 Å². The molecular weight excluding hydrogens is 386 g/mol. The third-order valence-electron chi connectivity index (χ3n) is 3.72. The van der Waals surface area contributed by atoms with Crippen LogP contribution < -0.4 is 15.4 Å². The Morgan fingerprint density at radius 3 is 2.61 bits per heavy atom. The van der Waals surface area contributed by atoms with Crippen LogP contribution >= 0.6 is 11.6 Å². The quantitative estimate of drug-likeness (QED) is 0.499. The van der Waals surface area contributed by atoms with Gasteiger partial charge in [0.05, 0.1) is 15.6 Å². The summed E-state index contributed by atoms with van der Waals surface area (Å²) in [5.74, 6) is -0.700. The highest BCUT2D eigenvalue weighted by atomic mass is 35.5. The van der Waals surface area contributed by atoms with Crippen LogP contribution in [0.1, 0.15) is 26.7 Å². The molecule has 0 saturated heterocycles. The van der Waals surface area contributed by atoms with E-state index in [9.17, 15) is 19.7 Å². The molecule has 1 atom stereocenters. The van der Waals surface area contributed by atoms with Crippen molar-refractivity contribution >= 4 is 40.5 Å². The maximum absolute atomic E-state index is 12.4. The molecule has 9 heteroatoms. The number of halogens is 1. The van der Waals surface area contributed by atoms with Crippen molar-refractivity contribution in [1.82, 2.24) is 0 Å². The molecule has 0 bridgehead atoms. The van der Waals surface area contributed by atoms with Gasteiger partial charge in [-0.2, -0.15) is 0 Å². The minimum atomic E-state index is -1.02. The Labute approximate surface area is 167 Å². The first-order valence-corrected chi connectivity index (χ1v) is 9.00. The number of ether oxygens (including phenoxy) is 1. The summed E-state index contributed by atoms with van der Waals surface area (Å²) in [6, 6.07) is 10.5. The molecule has 1 unspecified atom stereocenters. The van der Waals surface area contributed by atoms with Crippen LogP contribution in [-0.4, -0.2) is 22.8 Å². The summed E-state index contributed by atoms with van der Waals surface area (Å²) in [6.45, 7) is 3.36. The van der Waals surface area contributed by atoms with Gasteiger partial charge in [0.1, 0.15) is 0 Å². The van der Waals surface area contributed by atoms with Crippen LogP contribution in [0.25, 0.3) is 0 Å². The largest absolute Gasteiger partial charge is 0.474 e. The number of carbonyl (C=O) groups is 2. The topological polar surface area (TPSA) is 111 Å². The summed E-state index contributed by atoms with van der Waals surface area (Å²) in [5, 5.41) is 16.7. The Balaban J connectivity index is 2.09. The number of nitro benzene ring substituents is 1. The number of amides is 2. The summed E-state index contributed by atoms with van der Waals surface area (Å²) in [6.07, 6.45) is 0.0738. The van der Waals surface area contributed by atoms with E-state index >= 15 is 0 Å². The molecule has 8 nitrogen and oxygen atoms in total. The zero-order chi connectivity index (χ0) is 20.7. The molecule has 0 aliphatic carbocycles. The van der Waals surface area contributed by atoms with Crippen molar-refractivity contribution in [3.8, 4) is 5.75 Å². The molecular formula is C19H20ClN3O5. The van der Waals surface area contributed by atoms with E-state index in [-0.39, 0.29) is 22.4 Å². The number of benzene rings is 2. The van der Waals surface area contributed by atoms with Crippen LogP contribution in [0.3, 0.4) is 0 Å². The van der Waals surface area contributed by atoms with Gasteiger partial charge in [0, 0.05) is 18.2 Å². The van der Waals surface area contributed by atoms with E-state index in [1.165, 1.54) is 31.2 Å². The van der Waals surface area contributed by atoms with Gasteiger partial charge < -0.3 is 15.4 Å². The van der Waals surface area contributed by atoms with Crippen LogP contribution in [-0.2, 0) is 9.59 Å². The molecule has 0 aliphatic heterocycles. The van der Waals surface area contributed by atoms with Crippen molar-refractivity contribution in [1.29, 1.82) is 0 Å². The van der Waals surface area contributed by atoms with Crippen LogP contribution in [0, 0.1) is 10.1 Å². The summed E-state index contributed by atoms with van der Waals surface area (Å²) < 4.78 is 5.44. The highest BCUT2D eigenvalue weighted by Gasteiger charge is 2.21. The minimum Gasteiger partial charge on any atom is -0.474 e. The van der Waals surface area contributed by atoms with Gasteiger partial charge in [-0.3, -0.25) is 19.7 Å². The number of rotatable bonds is 8. The van der Waals surface area contributed by atoms with Gasteiger partial charge in [-0.15, -0.1) is 0 Å². The number of nitro groups is 1. The highest BCUT2D eigenvalue weighted by Crippen LogP contribution is 2.28. The molecule has 2 N–H and O–H groups in total. The van der Waals surface area contributed by atoms with Gasteiger partial charge in [0.25, 0.3) is 5.91 Å². The van der Waals surface area contributed by atoms with Crippen molar-refractivity contribution in [2.75, 3.05) is 10.6 Å². The lowest BCUT2D eigenvalue weighted by Crippen LogP contribution is -2.30. The fraction of sp³-hybridized carbons (Fsp3) is 0.263. The normalized spacial score (nSPS) is 11.4. The smallest absolute Gasteiger partial charge is 0.310 e. The molecule has 0 aliphatic rings.